The number of ether oxygens (including phenoxy) is 3. The van der Waals surface area contributed by atoms with Gasteiger partial charge in [-0.1, -0.05) is 6.08 Å². The van der Waals surface area contributed by atoms with E-state index in [-0.39, 0.29) is 6.10 Å². The van der Waals surface area contributed by atoms with Gasteiger partial charge in [0, 0.05) is 20.7 Å². The monoisotopic (exact) mass is 399 g/mol. The normalized spacial score (nSPS) is 12.4. The van der Waals surface area contributed by atoms with Gasteiger partial charge in [0.2, 0.25) is 5.88 Å². The lowest BCUT2D eigenvalue weighted by Crippen LogP contribution is -2.28. The topological polar surface area (TPSA) is 56.2 Å². The van der Waals surface area contributed by atoms with Gasteiger partial charge < -0.3 is 19.1 Å². The Hall–Kier alpha value is -1.44. The first-order valence-electron chi connectivity index (χ1n) is 7.77. The summed E-state index contributed by atoms with van der Waals surface area (Å²) in [7, 11) is 3.59. The third-order valence-electron chi connectivity index (χ3n) is 3.17. The highest BCUT2D eigenvalue weighted by Crippen LogP contribution is 2.30. The van der Waals surface area contributed by atoms with Gasteiger partial charge in [-0.25, -0.2) is 9.98 Å². The van der Waals surface area contributed by atoms with Gasteiger partial charge in [-0.15, -0.1) is 6.58 Å². The summed E-state index contributed by atoms with van der Waals surface area (Å²) in [5.74, 6) is 0.500. The van der Waals surface area contributed by atoms with E-state index in [2.05, 4.69) is 39.4 Å². The molecule has 0 aromatic carbocycles. The van der Waals surface area contributed by atoms with E-state index in [1.165, 1.54) is 0 Å². The van der Waals surface area contributed by atoms with Gasteiger partial charge in [-0.05, 0) is 35.8 Å². The zero-order valence-electron chi connectivity index (χ0n) is 14.8. The Kier molecular flexibility index (Phi) is 9.59. The highest BCUT2D eigenvalue weighted by molar-refractivity contribution is 9.10. The summed E-state index contributed by atoms with van der Waals surface area (Å²) in [5.41, 5.74) is 1.58. The maximum atomic E-state index is 5.91. The van der Waals surface area contributed by atoms with E-state index in [0.29, 0.717) is 25.7 Å². The fourth-order valence-corrected chi connectivity index (χ4v) is 2.15. The molecule has 0 saturated carbocycles. The van der Waals surface area contributed by atoms with Crippen LogP contribution in [0.25, 0.3) is 0 Å². The van der Waals surface area contributed by atoms with Crippen LogP contribution in [0.15, 0.2) is 28.2 Å². The lowest BCUT2D eigenvalue weighted by molar-refractivity contribution is 0.0126. The van der Waals surface area contributed by atoms with Crippen LogP contribution in [0, 0.1) is 6.92 Å². The SMILES string of the molecule is C=CCOCC(COC)Oc1nc(C)c(/N=C\N(C)CC)cc1Br. The molecule has 1 atom stereocenters. The van der Waals surface area contributed by atoms with Gasteiger partial charge in [0.05, 0.1) is 42.0 Å². The van der Waals surface area contributed by atoms with Crippen LogP contribution in [0.2, 0.25) is 0 Å². The molecule has 7 heteroatoms. The van der Waals surface area contributed by atoms with E-state index in [9.17, 15) is 0 Å². The summed E-state index contributed by atoms with van der Waals surface area (Å²) < 4.78 is 17.3. The zero-order chi connectivity index (χ0) is 17.9. The fraction of sp³-hybridized carbons (Fsp3) is 0.529. The number of methoxy groups -OCH3 is 1. The standard InChI is InChI=1S/C17H26BrN3O3/c1-6-8-23-11-14(10-22-5)24-17-15(18)9-16(13(3)20-17)19-12-21(4)7-2/h6,9,12,14H,1,7-8,10-11H2,2-5H3/b19-12-. The third kappa shape index (κ3) is 6.98. The summed E-state index contributed by atoms with van der Waals surface area (Å²) in [5, 5.41) is 0. The molecule has 1 aromatic rings. The van der Waals surface area contributed by atoms with E-state index < -0.39 is 0 Å². The van der Waals surface area contributed by atoms with E-state index >= 15 is 0 Å². The van der Waals surface area contributed by atoms with Crippen molar-refractivity contribution >= 4 is 28.0 Å². The minimum atomic E-state index is -0.251. The van der Waals surface area contributed by atoms with Gasteiger partial charge in [-0.2, -0.15) is 0 Å². The van der Waals surface area contributed by atoms with E-state index in [4.69, 9.17) is 14.2 Å². The van der Waals surface area contributed by atoms with Crippen LogP contribution < -0.4 is 4.74 Å². The fourth-order valence-electron chi connectivity index (χ4n) is 1.75. The molecule has 1 heterocycles. The highest BCUT2D eigenvalue weighted by atomic mass is 79.9. The summed E-state index contributed by atoms with van der Waals surface area (Å²) in [6, 6.07) is 1.89. The largest absolute Gasteiger partial charge is 0.469 e. The maximum Gasteiger partial charge on any atom is 0.228 e. The smallest absolute Gasteiger partial charge is 0.228 e. The molecule has 0 N–H and O–H groups in total. The van der Waals surface area contributed by atoms with Crippen molar-refractivity contribution in [3.63, 3.8) is 0 Å². The first kappa shape index (κ1) is 20.6. The van der Waals surface area contributed by atoms with Crippen LogP contribution in [0.3, 0.4) is 0 Å². The van der Waals surface area contributed by atoms with Gasteiger partial charge in [0.1, 0.15) is 6.10 Å². The van der Waals surface area contributed by atoms with Crippen molar-refractivity contribution in [2.75, 3.05) is 40.5 Å². The Morgan fingerprint density at radius 1 is 1.46 bits per heavy atom. The number of aryl methyl sites for hydroxylation is 1. The third-order valence-corrected chi connectivity index (χ3v) is 3.74. The molecule has 0 amide bonds. The summed E-state index contributed by atoms with van der Waals surface area (Å²) in [4.78, 5) is 10.9. The Morgan fingerprint density at radius 3 is 2.83 bits per heavy atom. The molecule has 0 aliphatic rings. The highest BCUT2D eigenvalue weighted by Gasteiger charge is 2.15. The van der Waals surface area contributed by atoms with Crippen molar-refractivity contribution in [2.45, 2.75) is 20.0 Å². The molecule has 0 bridgehead atoms. The first-order valence-corrected chi connectivity index (χ1v) is 8.56. The Morgan fingerprint density at radius 2 is 2.21 bits per heavy atom. The van der Waals surface area contributed by atoms with Crippen molar-refractivity contribution in [1.29, 1.82) is 0 Å². The number of aliphatic imine (C=N–C) groups is 1. The molecule has 6 nitrogen and oxygen atoms in total. The van der Waals surface area contributed by atoms with E-state index in [0.717, 1.165) is 22.4 Å². The molecular formula is C17H26BrN3O3. The van der Waals surface area contributed by atoms with Gasteiger partial charge in [-0.3, -0.25) is 0 Å². The average molecular weight is 400 g/mol. The van der Waals surface area contributed by atoms with Gasteiger partial charge >= 0.3 is 0 Å². The van der Waals surface area contributed by atoms with Crippen LogP contribution in [-0.2, 0) is 9.47 Å². The second kappa shape index (κ2) is 11.2. The number of pyridine rings is 1. The van der Waals surface area contributed by atoms with Gasteiger partial charge in [0.15, 0.2) is 0 Å². The number of rotatable bonds is 11. The quantitative estimate of drug-likeness (QED) is 0.247. The van der Waals surface area contributed by atoms with Crippen molar-refractivity contribution < 1.29 is 14.2 Å². The predicted octanol–water partition coefficient (Wildman–Crippen LogP) is 3.36. The summed E-state index contributed by atoms with van der Waals surface area (Å²) in [6.07, 6.45) is 3.23. The molecule has 0 spiro atoms. The van der Waals surface area contributed by atoms with E-state index in [1.807, 2.05) is 24.9 Å². The molecule has 0 fully saturated rings. The maximum absolute atomic E-state index is 5.91. The first-order chi connectivity index (χ1) is 11.5. The van der Waals surface area contributed by atoms with E-state index in [1.54, 1.807) is 19.5 Å². The molecular weight excluding hydrogens is 374 g/mol. The molecule has 1 aromatic heterocycles. The van der Waals surface area contributed by atoms with Crippen LogP contribution in [-0.4, -0.2) is 62.8 Å². The molecule has 134 valence electrons. The van der Waals surface area contributed by atoms with Crippen LogP contribution in [0.1, 0.15) is 12.6 Å². The lowest BCUT2D eigenvalue weighted by Gasteiger charge is -2.19. The van der Waals surface area contributed by atoms with Crippen LogP contribution in [0.5, 0.6) is 5.88 Å². The minimum Gasteiger partial charge on any atom is -0.469 e. The molecule has 1 unspecified atom stereocenters. The molecule has 24 heavy (non-hydrogen) atoms. The van der Waals surface area contributed by atoms with Crippen molar-refractivity contribution in [2.24, 2.45) is 4.99 Å². The Balaban J connectivity index is 2.85. The van der Waals surface area contributed by atoms with Crippen molar-refractivity contribution in [3.8, 4) is 5.88 Å². The summed E-state index contributed by atoms with van der Waals surface area (Å²) >= 11 is 3.49. The number of hydrogen-bond donors (Lipinski definition) is 0. The number of halogens is 1. The molecule has 0 saturated heterocycles. The average Bonchev–Trinajstić information content (AvgIpc) is 2.56. The Bertz CT molecular complexity index is 552. The van der Waals surface area contributed by atoms with Crippen molar-refractivity contribution in [1.82, 2.24) is 9.88 Å². The number of nitrogens with zero attached hydrogens (tertiary/aromatic N) is 3. The zero-order valence-corrected chi connectivity index (χ0v) is 16.4. The Labute approximate surface area is 152 Å². The molecule has 1 rings (SSSR count). The number of aromatic nitrogens is 1. The molecule has 0 aliphatic heterocycles. The lowest BCUT2D eigenvalue weighted by atomic mass is 10.3. The van der Waals surface area contributed by atoms with Crippen LogP contribution in [0.4, 0.5) is 5.69 Å². The molecule has 0 aliphatic carbocycles. The van der Waals surface area contributed by atoms with Gasteiger partial charge in [0.25, 0.3) is 0 Å². The second-order valence-electron chi connectivity index (χ2n) is 5.22. The van der Waals surface area contributed by atoms with Crippen molar-refractivity contribution in [3.05, 3.63) is 28.9 Å². The predicted molar refractivity (Wildman–Crippen MR) is 100 cm³/mol. The minimum absolute atomic E-state index is 0.251. The van der Waals surface area contributed by atoms with Crippen LogP contribution >= 0.6 is 15.9 Å². The number of hydrogen-bond acceptors (Lipinski definition) is 5. The second-order valence-corrected chi connectivity index (χ2v) is 6.07. The summed E-state index contributed by atoms with van der Waals surface area (Å²) in [6.45, 7) is 9.75. The molecule has 0 radical (unpaired) electrons.